The Morgan fingerprint density at radius 2 is 2.50 bits per heavy atom. The molecule has 0 spiro atoms. The summed E-state index contributed by atoms with van der Waals surface area (Å²) in [6.45, 7) is 0. The van der Waals surface area contributed by atoms with Crippen LogP contribution in [0.3, 0.4) is 0 Å². The summed E-state index contributed by atoms with van der Waals surface area (Å²) in [7, 11) is 0. The molecule has 0 aliphatic carbocycles. The Hall–Kier alpha value is -1.06. The van der Waals surface area contributed by atoms with E-state index in [4.69, 9.17) is 5.53 Å². The van der Waals surface area contributed by atoms with Gasteiger partial charge in [-0.25, -0.2) is 4.98 Å². The third-order valence-electron chi connectivity index (χ3n) is 0.870. The first kappa shape index (κ1) is 7.05. The number of aromatic nitrogens is 1. The fraction of sp³-hybridized carbons (Fsp3) is 0. The maximum Gasteiger partial charge on any atom is 0.106 e. The van der Waals surface area contributed by atoms with E-state index in [-0.39, 0.29) is 0 Å². The van der Waals surface area contributed by atoms with Crippen LogP contribution in [-0.2, 0) is 0 Å². The molecule has 10 heavy (non-hydrogen) atoms. The smallest absolute Gasteiger partial charge is 0.106 e. The van der Waals surface area contributed by atoms with Crippen molar-refractivity contribution in [3.63, 3.8) is 0 Å². The molecule has 50 valence electrons. The topological polar surface area (TPSA) is 61.7 Å². The highest BCUT2D eigenvalue weighted by Gasteiger charge is 1.88. The van der Waals surface area contributed by atoms with Crippen LogP contribution in [-0.4, -0.2) is 4.98 Å². The Kier molecular flexibility index (Phi) is 2.25. The molecular weight excluding hydrogens is 196 g/mol. The summed E-state index contributed by atoms with van der Waals surface area (Å²) in [5.41, 5.74) is 8.59. The van der Waals surface area contributed by atoms with E-state index in [0.717, 1.165) is 0 Å². The van der Waals surface area contributed by atoms with E-state index in [9.17, 15) is 0 Å². The highest BCUT2D eigenvalue weighted by molar-refractivity contribution is 9.10. The van der Waals surface area contributed by atoms with Crippen molar-refractivity contribution < 1.29 is 0 Å². The maximum atomic E-state index is 8.03. The standard InChI is InChI=1S/C5H3BrN4/c6-5-3-4(9-10-7)1-2-8-5/h1-3H. The first-order valence-corrected chi connectivity index (χ1v) is 3.29. The molecule has 4 nitrogen and oxygen atoms in total. The van der Waals surface area contributed by atoms with Gasteiger partial charge < -0.3 is 0 Å². The average Bonchev–Trinajstić information content (AvgIpc) is 1.88. The van der Waals surface area contributed by atoms with E-state index >= 15 is 0 Å². The lowest BCUT2D eigenvalue weighted by molar-refractivity contribution is 1.26. The van der Waals surface area contributed by atoms with Crippen molar-refractivity contribution in [2.75, 3.05) is 0 Å². The fourth-order valence-electron chi connectivity index (χ4n) is 0.506. The Bertz CT molecular complexity index is 279. The van der Waals surface area contributed by atoms with E-state index < -0.39 is 0 Å². The molecule has 0 radical (unpaired) electrons. The van der Waals surface area contributed by atoms with Crippen LogP contribution in [0.4, 0.5) is 5.69 Å². The van der Waals surface area contributed by atoms with Crippen LogP contribution in [0, 0.1) is 0 Å². The van der Waals surface area contributed by atoms with Gasteiger partial charge in [-0.05, 0) is 33.6 Å². The van der Waals surface area contributed by atoms with Gasteiger partial charge in [0.1, 0.15) is 4.60 Å². The summed E-state index contributed by atoms with van der Waals surface area (Å²) in [4.78, 5) is 6.48. The first-order chi connectivity index (χ1) is 4.83. The normalized spacial score (nSPS) is 8.50. The summed E-state index contributed by atoms with van der Waals surface area (Å²) in [5, 5.41) is 3.38. The molecule has 0 fully saturated rings. The van der Waals surface area contributed by atoms with Crippen LogP contribution < -0.4 is 0 Å². The molecule has 0 atom stereocenters. The van der Waals surface area contributed by atoms with Crippen molar-refractivity contribution >= 4 is 21.6 Å². The van der Waals surface area contributed by atoms with E-state index in [1.54, 1.807) is 18.3 Å². The second kappa shape index (κ2) is 3.20. The molecule has 0 aromatic carbocycles. The molecule has 5 heteroatoms. The van der Waals surface area contributed by atoms with Gasteiger partial charge in [-0.3, -0.25) is 0 Å². The van der Waals surface area contributed by atoms with E-state index in [1.807, 2.05) is 0 Å². The van der Waals surface area contributed by atoms with Gasteiger partial charge in [0.05, 0.1) is 0 Å². The number of halogens is 1. The molecule has 0 aliphatic rings. The quantitative estimate of drug-likeness (QED) is 0.297. The fourth-order valence-corrected chi connectivity index (χ4v) is 0.859. The minimum atomic E-state index is 0.560. The third-order valence-corrected chi connectivity index (χ3v) is 1.30. The zero-order valence-electron chi connectivity index (χ0n) is 4.90. The highest BCUT2D eigenvalue weighted by Crippen LogP contribution is 2.15. The number of hydrogen-bond donors (Lipinski definition) is 0. The molecule has 0 saturated heterocycles. The molecule has 0 amide bonds. The molecule has 1 aromatic rings. The Labute approximate surface area is 65.7 Å². The second-order valence-electron chi connectivity index (χ2n) is 1.53. The van der Waals surface area contributed by atoms with Crippen molar-refractivity contribution in [2.45, 2.75) is 0 Å². The van der Waals surface area contributed by atoms with Gasteiger partial charge in [0, 0.05) is 16.8 Å². The first-order valence-electron chi connectivity index (χ1n) is 2.49. The van der Waals surface area contributed by atoms with Crippen molar-refractivity contribution in [2.24, 2.45) is 5.11 Å². The molecular formula is C5H3BrN4. The van der Waals surface area contributed by atoms with Crippen molar-refractivity contribution in [1.82, 2.24) is 4.98 Å². The molecule has 0 saturated carbocycles. The number of rotatable bonds is 1. The minimum Gasteiger partial charge on any atom is -0.249 e. The lowest BCUT2D eigenvalue weighted by Gasteiger charge is -1.88. The number of pyridine rings is 1. The van der Waals surface area contributed by atoms with Crippen molar-refractivity contribution in [1.29, 1.82) is 0 Å². The van der Waals surface area contributed by atoms with Crippen LogP contribution >= 0.6 is 15.9 Å². The number of hydrogen-bond acceptors (Lipinski definition) is 2. The van der Waals surface area contributed by atoms with Gasteiger partial charge >= 0.3 is 0 Å². The summed E-state index contributed by atoms with van der Waals surface area (Å²) >= 11 is 3.14. The molecule has 0 unspecified atom stereocenters. The molecule has 0 N–H and O–H groups in total. The van der Waals surface area contributed by atoms with Crippen LogP contribution in [0.2, 0.25) is 0 Å². The lowest BCUT2D eigenvalue weighted by Crippen LogP contribution is -1.69. The zero-order chi connectivity index (χ0) is 7.40. The lowest BCUT2D eigenvalue weighted by atomic mass is 10.4. The summed E-state index contributed by atoms with van der Waals surface area (Å²) in [6, 6.07) is 3.27. The largest absolute Gasteiger partial charge is 0.249 e. The van der Waals surface area contributed by atoms with Crippen molar-refractivity contribution in [3.8, 4) is 0 Å². The SMILES string of the molecule is [N-]=[N+]=Nc1ccnc(Br)c1. The Morgan fingerprint density at radius 3 is 3.10 bits per heavy atom. The van der Waals surface area contributed by atoms with Crippen LogP contribution in [0.5, 0.6) is 0 Å². The summed E-state index contributed by atoms with van der Waals surface area (Å²) in [6.07, 6.45) is 1.56. The van der Waals surface area contributed by atoms with Gasteiger partial charge in [-0.1, -0.05) is 5.11 Å². The van der Waals surface area contributed by atoms with Gasteiger partial charge in [0.15, 0.2) is 0 Å². The van der Waals surface area contributed by atoms with Crippen LogP contribution in [0.1, 0.15) is 0 Å². The van der Waals surface area contributed by atoms with Gasteiger partial charge in [-0.15, -0.1) is 0 Å². The van der Waals surface area contributed by atoms with E-state index in [1.165, 1.54) is 0 Å². The summed E-state index contributed by atoms with van der Waals surface area (Å²) < 4.78 is 0.664. The predicted molar refractivity (Wildman–Crippen MR) is 40.7 cm³/mol. The predicted octanol–water partition coefficient (Wildman–Crippen LogP) is 2.79. The minimum absolute atomic E-state index is 0.560. The molecule has 0 aliphatic heterocycles. The average molecular weight is 199 g/mol. The van der Waals surface area contributed by atoms with Gasteiger partial charge in [0.2, 0.25) is 0 Å². The molecule has 1 heterocycles. The molecule has 0 bridgehead atoms. The third kappa shape index (κ3) is 1.72. The Balaban J connectivity index is 3.06. The van der Waals surface area contributed by atoms with Gasteiger partial charge in [0.25, 0.3) is 0 Å². The molecule has 1 rings (SSSR count). The monoisotopic (exact) mass is 198 g/mol. The Morgan fingerprint density at radius 1 is 1.70 bits per heavy atom. The van der Waals surface area contributed by atoms with Crippen LogP contribution in [0.15, 0.2) is 28.0 Å². The zero-order valence-corrected chi connectivity index (χ0v) is 6.48. The van der Waals surface area contributed by atoms with Crippen LogP contribution in [0.25, 0.3) is 10.4 Å². The number of azide groups is 1. The highest BCUT2D eigenvalue weighted by atomic mass is 79.9. The summed E-state index contributed by atoms with van der Waals surface area (Å²) in [5.74, 6) is 0. The van der Waals surface area contributed by atoms with E-state index in [2.05, 4.69) is 30.9 Å². The van der Waals surface area contributed by atoms with E-state index in [0.29, 0.717) is 10.3 Å². The number of nitrogens with zero attached hydrogens (tertiary/aromatic N) is 4. The van der Waals surface area contributed by atoms with Crippen molar-refractivity contribution in [3.05, 3.63) is 33.4 Å². The second-order valence-corrected chi connectivity index (χ2v) is 2.34. The van der Waals surface area contributed by atoms with Gasteiger partial charge in [-0.2, -0.15) is 0 Å². The maximum absolute atomic E-state index is 8.03. The molecule has 1 aromatic heterocycles.